The Morgan fingerprint density at radius 1 is 1.10 bits per heavy atom. The number of ether oxygens (including phenoxy) is 2. The fraction of sp³-hybridized carbons (Fsp3) is 0.200. The molecule has 0 aliphatic heterocycles. The molecule has 0 aliphatic rings. The average Bonchev–Trinajstić information content (AvgIpc) is 2.47. The predicted molar refractivity (Wildman–Crippen MR) is 86.0 cm³/mol. The lowest BCUT2D eigenvalue weighted by molar-refractivity contribution is 0.282. The Kier molecular flexibility index (Phi) is 5.58. The molecule has 0 saturated carbocycles. The van der Waals surface area contributed by atoms with Gasteiger partial charge in [0.1, 0.15) is 6.61 Å². The molecular formula is C15H13BrCl2O2. The third-order valence-corrected chi connectivity index (χ3v) is 3.89. The van der Waals surface area contributed by atoms with E-state index in [0.29, 0.717) is 29.0 Å². The molecule has 2 nitrogen and oxygen atoms in total. The minimum absolute atomic E-state index is 0.423. The van der Waals surface area contributed by atoms with Gasteiger partial charge >= 0.3 is 0 Å². The van der Waals surface area contributed by atoms with Crippen LogP contribution in [0.15, 0.2) is 40.9 Å². The number of alkyl halides is 1. The van der Waals surface area contributed by atoms with Crippen molar-refractivity contribution in [3.05, 3.63) is 57.0 Å². The van der Waals surface area contributed by atoms with Crippen LogP contribution in [0.4, 0.5) is 0 Å². The molecule has 0 atom stereocenters. The fourth-order valence-corrected chi connectivity index (χ4v) is 2.61. The highest BCUT2D eigenvalue weighted by atomic mass is 79.9. The fourth-order valence-electron chi connectivity index (χ4n) is 1.73. The monoisotopic (exact) mass is 374 g/mol. The Labute approximate surface area is 136 Å². The summed E-state index contributed by atoms with van der Waals surface area (Å²) >= 11 is 15.2. The quantitative estimate of drug-likeness (QED) is 0.648. The van der Waals surface area contributed by atoms with E-state index < -0.39 is 0 Å². The Bertz CT molecular complexity index is 585. The summed E-state index contributed by atoms with van der Waals surface area (Å²) in [6.45, 7) is 0.437. The van der Waals surface area contributed by atoms with Crippen molar-refractivity contribution in [2.75, 3.05) is 7.11 Å². The molecule has 106 valence electrons. The minimum atomic E-state index is 0.423. The van der Waals surface area contributed by atoms with Gasteiger partial charge in [-0.1, -0.05) is 23.7 Å². The van der Waals surface area contributed by atoms with Gasteiger partial charge in [0.15, 0.2) is 11.5 Å². The second kappa shape index (κ2) is 7.21. The molecule has 0 radical (unpaired) electrons. The Morgan fingerprint density at radius 2 is 1.80 bits per heavy atom. The summed E-state index contributed by atoms with van der Waals surface area (Å²) in [6.07, 6.45) is 0. The number of halogens is 3. The maximum atomic E-state index is 5.85. The van der Waals surface area contributed by atoms with Gasteiger partial charge in [0.05, 0.1) is 11.6 Å². The Morgan fingerprint density at radius 3 is 2.40 bits per heavy atom. The number of benzene rings is 2. The zero-order valence-electron chi connectivity index (χ0n) is 10.8. The van der Waals surface area contributed by atoms with E-state index in [9.17, 15) is 0 Å². The summed E-state index contributed by atoms with van der Waals surface area (Å²) in [5.41, 5.74) is 2.00. The van der Waals surface area contributed by atoms with E-state index in [1.54, 1.807) is 7.11 Å². The first kappa shape index (κ1) is 15.5. The minimum Gasteiger partial charge on any atom is -0.493 e. The first-order valence-electron chi connectivity index (χ1n) is 5.93. The molecule has 0 N–H and O–H groups in total. The third-order valence-electron chi connectivity index (χ3n) is 2.74. The van der Waals surface area contributed by atoms with Crippen molar-refractivity contribution in [1.82, 2.24) is 0 Å². The van der Waals surface area contributed by atoms with E-state index in [0.717, 1.165) is 15.6 Å². The maximum absolute atomic E-state index is 5.85. The van der Waals surface area contributed by atoms with Crippen LogP contribution >= 0.6 is 39.1 Å². The zero-order valence-corrected chi connectivity index (χ0v) is 13.9. The van der Waals surface area contributed by atoms with Gasteiger partial charge < -0.3 is 9.47 Å². The van der Waals surface area contributed by atoms with Crippen LogP contribution in [0.5, 0.6) is 11.5 Å². The van der Waals surface area contributed by atoms with Gasteiger partial charge in [-0.15, -0.1) is 11.6 Å². The highest BCUT2D eigenvalue weighted by Gasteiger charge is 2.11. The number of hydrogen-bond acceptors (Lipinski definition) is 2. The summed E-state index contributed by atoms with van der Waals surface area (Å²) in [4.78, 5) is 0. The summed E-state index contributed by atoms with van der Waals surface area (Å²) in [6, 6.07) is 11.3. The van der Waals surface area contributed by atoms with Crippen molar-refractivity contribution in [3.63, 3.8) is 0 Å². The third kappa shape index (κ3) is 3.81. The molecule has 0 heterocycles. The molecule has 0 bridgehead atoms. The van der Waals surface area contributed by atoms with Crippen molar-refractivity contribution in [3.8, 4) is 11.5 Å². The second-order valence-corrected chi connectivity index (χ2v) is 5.72. The first-order chi connectivity index (χ1) is 9.63. The van der Waals surface area contributed by atoms with Crippen LogP contribution in [0, 0.1) is 0 Å². The van der Waals surface area contributed by atoms with Crippen molar-refractivity contribution in [2.45, 2.75) is 12.5 Å². The second-order valence-electron chi connectivity index (χ2n) is 4.16. The van der Waals surface area contributed by atoms with E-state index in [4.69, 9.17) is 32.7 Å². The molecule has 2 rings (SSSR count). The first-order valence-corrected chi connectivity index (χ1v) is 7.64. The SMILES string of the molecule is COc1cc(CCl)cc(Br)c1OCc1ccc(Cl)cc1. The molecule has 0 aromatic heterocycles. The zero-order chi connectivity index (χ0) is 14.5. The number of rotatable bonds is 5. The number of hydrogen-bond donors (Lipinski definition) is 0. The van der Waals surface area contributed by atoms with Crippen LogP contribution in [-0.2, 0) is 12.5 Å². The molecule has 2 aromatic rings. The molecule has 0 unspecified atom stereocenters. The van der Waals surface area contributed by atoms with Crippen molar-refractivity contribution in [1.29, 1.82) is 0 Å². The van der Waals surface area contributed by atoms with E-state index in [1.165, 1.54) is 0 Å². The predicted octanol–water partition coefficient (Wildman–Crippen LogP) is 5.43. The lowest BCUT2D eigenvalue weighted by Crippen LogP contribution is -1.99. The molecule has 20 heavy (non-hydrogen) atoms. The lowest BCUT2D eigenvalue weighted by Gasteiger charge is -2.14. The molecule has 0 amide bonds. The van der Waals surface area contributed by atoms with E-state index in [1.807, 2.05) is 36.4 Å². The summed E-state index contributed by atoms with van der Waals surface area (Å²) in [7, 11) is 1.61. The average molecular weight is 376 g/mol. The summed E-state index contributed by atoms with van der Waals surface area (Å²) in [5.74, 6) is 1.74. The standard InChI is InChI=1S/C15H13BrCl2O2/c1-19-14-7-11(8-17)6-13(16)15(14)20-9-10-2-4-12(18)5-3-10/h2-7H,8-9H2,1H3. The topological polar surface area (TPSA) is 18.5 Å². The van der Waals surface area contributed by atoms with Gasteiger partial charge in [0.25, 0.3) is 0 Å². The largest absolute Gasteiger partial charge is 0.493 e. The lowest BCUT2D eigenvalue weighted by atomic mass is 10.2. The van der Waals surface area contributed by atoms with Gasteiger partial charge in [-0.05, 0) is 51.3 Å². The Hall–Kier alpha value is -0.900. The summed E-state index contributed by atoms with van der Waals surface area (Å²) < 4.78 is 12.0. The van der Waals surface area contributed by atoms with E-state index in [2.05, 4.69) is 15.9 Å². The highest BCUT2D eigenvalue weighted by molar-refractivity contribution is 9.10. The summed E-state index contributed by atoms with van der Waals surface area (Å²) in [5, 5.41) is 0.707. The van der Waals surface area contributed by atoms with Gasteiger partial charge in [-0.2, -0.15) is 0 Å². The molecule has 0 aliphatic carbocycles. The van der Waals surface area contributed by atoms with Crippen LogP contribution < -0.4 is 9.47 Å². The van der Waals surface area contributed by atoms with Crippen molar-refractivity contribution >= 4 is 39.1 Å². The molecule has 5 heteroatoms. The van der Waals surface area contributed by atoms with Gasteiger partial charge in [0, 0.05) is 10.9 Å². The maximum Gasteiger partial charge on any atom is 0.175 e. The van der Waals surface area contributed by atoms with Gasteiger partial charge in [-0.25, -0.2) is 0 Å². The normalized spacial score (nSPS) is 10.4. The number of methoxy groups -OCH3 is 1. The van der Waals surface area contributed by atoms with Crippen molar-refractivity contribution < 1.29 is 9.47 Å². The highest BCUT2D eigenvalue weighted by Crippen LogP contribution is 2.37. The van der Waals surface area contributed by atoms with Gasteiger partial charge in [0.2, 0.25) is 0 Å². The molecule has 0 spiro atoms. The Balaban J connectivity index is 2.18. The molecule has 0 fully saturated rings. The van der Waals surface area contributed by atoms with E-state index >= 15 is 0 Å². The van der Waals surface area contributed by atoms with Crippen LogP contribution in [0.25, 0.3) is 0 Å². The molecule has 0 saturated heterocycles. The van der Waals surface area contributed by atoms with Crippen LogP contribution in [0.3, 0.4) is 0 Å². The van der Waals surface area contributed by atoms with Crippen LogP contribution in [0.1, 0.15) is 11.1 Å². The smallest absolute Gasteiger partial charge is 0.175 e. The van der Waals surface area contributed by atoms with E-state index in [-0.39, 0.29) is 0 Å². The molecule has 2 aromatic carbocycles. The molecular weight excluding hydrogens is 363 g/mol. The van der Waals surface area contributed by atoms with Crippen LogP contribution in [0.2, 0.25) is 5.02 Å². The van der Waals surface area contributed by atoms with Crippen molar-refractivity contribution in [2.24, 2.45) is 0 Å². The van der Waals surface area contributed by atoms with Crippen LogP contribution in [-0.4, -0.2) is 7.11 Å². The van der Waals surface area contributed by atoms with Gasteiger partial charge in [-0.3, -0.25) is 0 Å².